The van der Waals surface area contributed by atoms with Gasteiger partial charge in [0.05, 0.1) is 13.7 Å². The van der Waals surface area contributed by atoms with Gasteiger partial charge in [-0.2, -0.15) is 0 Å². The van der Waals surface area contributed by atoms with E-state index in [-0.39, 0.29) is 0 Å². The molecule has 2 aromatic carbocycles. The molecule has 104 valence electrons. The molecule has 0 saturated heterocycles. The van der Waals surface area contributed by atoms with Crippen LogP contribution in [0.4, 0.5) is 0 Å². The van der Waals surface area contributed by atoms with Crippen molar-refractivity contribution in [3.8, 4) is 11.5 Å². The van der Waals surface area contributed by atoms with Crippen molar-refractivity contribution in [2.45, 2.75) is 18.2 Å². The molecule has 3 rings (SSSR count). The van der Waals surface area contributed by atoms with Crippen molar-refractivity contribution >= 4 is 11.6 Å². The number of rotatable bonds is 5. The van der Waals surface area contributed by atoms with Crippen molar-refractivity contribution in [1.82, 2.24) is 0 Å². The molecule has 0 spiro atoms. The van der Waals surface area contributed by atoms with Gasteiger partial charge in [0, 0.05) is 11.8 Å². The third kappa shape index (κ3) is 2.48. The lowest BCUT2D eigenvalue weighted by Crippen LogP contribution is -2.23. The second-order valence-electron chi connectivity index (χ2n) is 5.03. The number of alkyl halides is 1. The van der Waals surface area contributed by atoms with E-state index < -0.39 is 0 Å². The summed E-state index contributed by atoms with van der Waals surface area (Å²) in [5, 5.41) is 0. The van der Waals surface area contributed by atoms with E-state index in [1.54, 1.807) is 7.11 Å². The van der Waals surface area contributed by atoms with Crippen LogP contribution in [0.2, 0.25) is 0 Å². The van der Waals surface area contributed by atoms with Gasteiger partial charge in [0.1, 0.15) is 0 Å². The summed E-state index contributed by atoms with van der Waals surface area (Å²) in [6, 6.07) is 14.3. The zero-order valence-electron chi connectivity index (χ0n) is 11.4. The fourth-order valence-corrected chi connectivity index (χ4v) is 2.79. The highest BCUT2D eigenvalue weighted by Crippen LogP contribution is 2.36. The SMILES string of the molecule is COc1ccc(CCl)cc1OCC1Cc2ccccc21. The first-order valence-electron chi connectivity index (χ1n) is 6.75. The van der Waals surface area contributed by atoms with Crippen LogP contribution in [0.5, 0.6) is 11.5 Å². The molecule has 1 aliphatic carbocycles. The highest BCUT2D eigenvalue weighted by Gasteiger charge is 2.26. The van der Waals surface area contributed by atoms with Gasteiger partial charge in [-0.15, -0.1) is 11.6 Å². The van der Waals surface area contributed by atoms with E-state index in [0.29, 0.717) is 18.4 Å². The maximum atomic E-state index is 5.95. The molecule has 20 heavy (non-hydrogen) atoms. The van der Waals surface area contributed by atoms with Crippen molar-refractivity contribution in [1.29, 1.82) is 0 Å². The number of hydrogen-bond donors (Lipinski definition) is 0. The average molecular weight is 289 g/mol. The minimum Gasteiger partial charge on any atom is -0.493 e. The molecule has 0 N–H and O–H groups in total. The summed E-state index contributed by atoms with van der Waals surface area (Å²) in [7, 11) is 1.65. The quantitative estimate of drug-likeness (QED) is 0.770. The monoisotopic (exact) mass is 288 g/mol. The van der Waals surface area contributed by atoms with Crippen molar-refractivity contribution < 1.29 is 9.47 Å². The summed E-state index contributed by atoms with van der Waals surface area (Å²) in [6.07, 6.45) is 1.09. The van der Waals surface area contributed by atoms with Gasteiger partial charge in [-0.25, -0.2) is 0 Å². The maximum Gasteiger partial charge on any atom is 0.161 e. The Morgan fingerprint density at radius 2 is 2.00 bits per heavy atom. The Bertz CT molecular complexity index is 610. The van der Waals surface area contributed by atoms with E-state index in [4.69, 9.17) is 21.1 Å². The molecular formula is C17H17ClO2. The van der Waals surface area contributed by atoms with Crippen LogP contribution in [0.1, 0.15) is 22.6 Å². The Hall–Kier alpha value is -1.67. The van der Waals surface area contributed by atoms with Gasteiger partial charge in [-0.05, 0) is 35.2 Å². The first-order valence-corrected chi connectivity index (χ1v) is 7.28. The summed E-state index contributed by atoms with van der Waals surface area (Å²) < 4.78 is 11.3. The molecule has 0 fully saturated rings. The fourth-order valence-electron chi connectivity index (χ4n) is 2.62. The zero-order chi connectivity index (χ0) is 13.9. The Balaban J connectivity index is 1.70. The van der Waals surface area contributed by atoms with Crippen LogP contribution in [-0.2, 0) is 12.3 Å². The molecule has 1 unspecified atom stereocenters. The minimum absolute atomic E-state index is 0.479. The number of halogens is 1. The van der Waals surface area contributed by atoms with Gasteiger partial charge in [-0.1, -0.05) is 30.3 Å². The van der Waals surface area contributed by atoms with Crippen LogP contribution in [0.25, 0.3) is 0 Å². The van der Waals surface area contributed by atoms with E-state index in [9.17, 15) is 0 Å². The molecule has 0 amide bonds. The number of fused-ring (bicyclic) bond motifs is 1. The van der Waals surface area contributed by atoms with Gasteiger partial charge in [-0.3, -0.25) is 0 Å². The van der Waals surface area contributed by atoms with Crippen LogP contribution in [0, 0.1) is 0 Å². The van der Waals surface area contributed by atoms with Gasteiger partial charge in [0.15, 0.2) is 11.5 Å². The van der Waals surface area contributed by atoms with Crippen LogP contribution in [0.3, 0.4) is 0 Å². The maximum absolute atomic E-state index is 5.95. The molecular weight excluding hydrogens is 272 g/mol. The van der Waals surface area contributed by atoms with Gasteiger partial charge >= 0.3 is 0 Å². The normalized spacial score (nSPS) is 16.2. The molecule has 0 aliphatic heterocycles. The third-order valence-corrected chi connectivity index (χ3v) is 4.09. The van der Waals surface area contributed by atoms with Gasteiger partial charge in [0.25, 0.3) is 0 Å². The van der Waals surface area contributed by atoms with Crippen LogP contribution in [0.15, 0.2) is 42.5 Å². The van der Waals surface area contributed by atoms with Crippen molar-refractivity contribution in [2.75, 3.05) is 13.7 Å². The average Bonchev–Trinajstić information content (AvgIpc) is 2.48. The highest BCUT2D eigenvalue weighted by molar-refractivity contribution is 6.17. The van der Waals surface area contributed by atoms with E-state index in [1.807, 2.05) is 18.2 Å². The van der Waals surface area contributed by atoms with Gasteiger partial charge < -0.3 is 9.47 Å². The van der Waals surface area contributed by atoms with Crippen molar-refractivity contribution in [2.24, 2.45) is 0 Å². The first-order chi connectivity index (χ1) is 9.81. The van der Waals surface area contributed by atoms with Crippen molar-refractivity contribution in [3.63, 3.8) is 0 Å². The number of ether oxygens (including phenoxy) is 2. The molecule has 2 aromatic rings. The van der Waals surface area contributed by atoms with Crippen LogP contribution >= 0.6 is 11.6 Å². The van der Waals surface area contributed by atoms with E-state index in [2.05, 4.69) is 24.3 Å². The summed E-state index contributed by atoms with van der Waals surface area (Å²) in [6.45, 7) is 0.680. The third-order valence-electron chi connectivity index (χ3n) is 3.78. The van der Waals surface area contributed by atoms with Crippen molar-refractivity contribution in [3.05, 3.63) is 59.2 Å². The molecule has 1 aliphatic rings. The summed E-state index contributed by atoms with van der Waals surface area (Å²) >= 11 is 5.87. The van der Waals surface area contributed by atoms with Crippen LogP contribution in [-0.4, -0.2) is 13.7 Å². The number of hydrogen-bond acceptors (Lipinski definition) is 2. The van der Waals surface area contributed by atoms with E-state index in [0.717, 1.165) is 23.5 Å². The molecule has 3 heteroatoms. The summed E-state index contributed by atoms with van der Waals surface area (Å²) in [5.74, 6) is 2.49. The molecule has 0 bridgehead atoms. The molecule has 0 radical (unpaired) electrons. The van der Waals surface area contributed by atoms with Gasteiger partial charge in [0.2, 0.25) is 0 Å². The minimum atomic E-state index is 0.479. The standard InChI is InChI=1S/C17H17ClO2/c1-19-16-7-6-12(10-18)8-17(16)20-11-14-9-13-4-2-3-5-15(13)14/h2-8,14H,9-11H2,1H3. The zero-order valence-corrected chi connectivity index (χ0v) is 12.2. The molecule has 2 nitrogen and oxygen atoms in total. The lowest BCUT2D eigenvalue weighted by Gasteiger charge is -2.30. The topological polar surface area (TPSA) is 18.5 Å². The Kier molecular flexibility index (Phi) is 3.83. The Morgan fingerprint density at radius 1 is 1.15 bits per heavy atom. The second kappa shape index (κ2) is 5.76. The first kappa shape index (κ1) is 13.3. The predicted molar refractivity (Wildman–Crippen MR) is 80.9 cm³/mol. The fraction of sp³-hybridized carbons (Fsp3) is 0.294. The smallest absolute Gasteiger partial charge is 0.161 e. The molecule has 0 aromatic heterocycles. The lowest BCUT2D eigenvalue weighted by molar-refractivity contribution is 0.260. The molecule has 0 heterocycles. The summed E-state index contributed by atoms with van der Waals surface area (Å²) in [4.78, 5) is 0. The lowest BCUT2D eigenvalue weighted by atomic mass is 9.78. The number of benzene rings is 2. The van der Waals surface area contributed by atoms with Crippen LogP contribution < -0.4 is 9.47 Å². The Morgan fingerprint density at radius 3 is 2.75 bits per heavy atom. The molecule has 1 atom stereocenters. The van der Waals surface area contributed by atoms with E-state index >= 15 is 0 Å². The van der Waals surface area contributed by atoms with E-state index in [1.165, 1.54) is 11.1 Å². The summed E-state index contributed by atoms with van der Waals surface area (Å²) in [5.41, 5.74) is 3.87. The number of methoxy groups -OCH3 is 1. The Labute approximate surface area is 124 Å². The molecule has 0 saturated carbocycles. The highest BCUT2D eigenvalue weighted by atomic mass is 35.5. The predicted octanol–water partition coefficient (Wildman–Crippen LogP) is 4.15. The largest absolute Gasteiger partial charge is 0.493 e. The second-order valence-corrected chi connectivity index (χ2v) is 5.30.